The van der Waals surface area contributed by atoms with Crippen LogP contribution in [-0.4, -0.2) is 82.6 Å². The van der Waals surface area contributed by atoms with E-state index in [4.69, 9.17) is 9.47 Å². The molecular formula is C25H33N5O4S. The Balaban J connectivity index is 1.51. The van der Waals surface area contributed by atoms with Gasteiger partial charge in [-0.2, -0.15) is 0 Å². The van der Waals surface area contributed by atoms with Crippen LogP contribution in [0.3, 0.4) is 0 Å². The highest BCUT2D eigenvalue weighted by Gasteiger charge is 2.16. The zero-order valence-electron chi connectivity index (χ0n) is 20.5. The van der Waals surface area contributed by atoms with E-state index in [2.05, 4.69) is 20.2 Å². The van der Waals surface area contributed by atoms with Crippen molar-refractivity contribution in [2.45, 2.75) is 18.2 Å². The largest absolute Gasteiger partial charge is 0.493 e. The SMILES string of the molecule is CCS(=O)(=O)c1ccc(N(C)C)c(Nc2ncnc3cc(OCCCN4CCOCC4)ccc23)c1. The molecule has 188 valence electrons. The molecule has 1 aliphatic heterocycles. The van der Waals surface area contributed by atoms with Gasteiger partial charge in [0.15, 0.2) is 9.84 Å². The first kappa shape index (κ1) is 25.2. The van der Waals surface area contributed by atoms with Crippen molar-refractivity contribution in [3.8, 4) is 5.75 Å². The smallest absolute Gasteiger partial charge is 0.178 e. The van der Waals surface area contributed by atoms with E-state index in [0.717, 1.165) is 61.6 Å². The number of hydrogen-bond acceptors (Lipinski definition) is 9. The van der Waals surface area contributed by atoms with Gasteiger partial charge >= 0.3 is 0 Å². The molecule has 9 nitrogen and oxygen atoms in total. The van der Waals surface area contributed by atoms with E-state index < -0.39 is 9.84 Å². The first-order valence-electron chi connectivity index (χ1n) is 11.9. The second kappa shape index (κ2) is 11.2. The maximum Gasteiger partial charge on any atom is 0.178 e. The van der Waals surface area contributed by atoms with Crippen molar-refractivity contribution in [3.05, 3.63) is 42.7 Å². The van der Waals surface area contributed by atoms with Crippen LogP contribution in [0.15, 0.2) is 47.6 Å². The van der Waals surface area contributed by atoms with Gasteiger partial charge in [-0.05, 0) is 36.8 Å². The summed E-state index contributed by atoms with van der Waals surface area (Å²) >= 11 is 0. The van der Waals surface area contributed by atoms with E-state index in [0.29, 0.717) is 18.1 Å². The molecule has 0 bridgehead atoms. The van der Waals surface area contributed by atoms with Crippen LogP contribution in [0.2, 0.25) is 0 Å². The van der Waals surface area contributed by atoms with Crippen LogP contribution in [0.4, 0.5) is 17.2 Å². The van der Waals surface area contributed by atoms with Gasteiger partial charge in [-0.3, -0.25) is 4.90 Å². The Morgan fingerprint density at radius 2 is 1.91 bits per heavy atom. The molecular weight excluding hydrogens is 466 g/mol. The molecule has 1 aliphatic rings. The lowest BCUT2D eigenvalue weighted by Crippen LogP contribution is -2.37. The molecule has 1 fully saturated rings. The van der Waals surface area contributed by atoms with Crippen molar-refractivity contribution in [2.75, 3.05) is 69.5 Å². The Morgan fingerprint density at radius 3 is 2.66 bits per heavy atom. The van der Waals surface area contributed by atoms with Gasteiger partial charge in [0.1, 0.15) is 17.9 Å². The Kier molecular flexibility index (Phi) is 8.04. The van der Waals surface area contributed by atoms with Gasteiger partial charge in [-0.1, -0.05) is 6.92 Å². The molecule has 0 radical (unpaired) electrons. The van der Waals surface area contributed by atoms with Crippen LogP contribution in [0.25, 0.3) is 10.9 Å². The second-order valence-electron chi connectivity index (χ2n) is 8.66. The number of benzene rings is 2. The fraction of sp³-hybridized carbons (Fsp3) is 0.440. The number of aromatic nitrogens is 2. The van der Waals surface area contributed by atoms with Crippen molar-refractivity contribution in [1.82, 2.24) is 14.9 Å². The van der Waals surface area contributed by atoms with Gasteiger partial charge in [0.2, 0.25) is 0 Å². The summed E-state index contributed by atoms with van der Waals surface area (Å²) in [5, 5.41) is 4.15. The van der Waals surface area contributed by atoms with Gasteiger partial charge in [0.25, 0.3) is 0 Å². The van der Waals surface area contributed by atoms with E-state index in [1.165, 1.54) is 6.33 Å². The minimum atomic E-state index is -3.34. The summed E-state index contributed by atoms with van der Waals surface area (Å²) in [6, 6.07) is 10.8. The third kappa shape index (κ3) is 6.19. The van der Waals surface area contributed by atoms with E-state index in [1.807, 2.05) is 37.2 Å². The molecule has 0 amide bonds. The number of nitrogens with one attached hydrogen (secondary N) is 1. The van der Waals surface area contributed by atoms with Crippen LogP contribution in [0.5, 0.6) is 5.75 Å². The summed E-state index contributed by atoms with van der Waals surface area (Å²) in [6.07, 6.45) is 2.44. The highest BCUT2D eigenvalue weighted by Crippen LogP contribution is 2.33. The number of anilines is 3. The highest BCUT2D eigenvalue weighted by atomic mass is 32.2. The van der Waals surface area contributed by atoms with Crippen LogP contribution < -0.4 is 15.0 Å². The number of hydrogen-bond donors (Lipinski definition) is 1. The average molecular weight is 500 g/mol. The van der Waals surface area contributed by atoms with E-state index >= 15 is 0 Å². The topological polar surface area (TPSA) is 96.9 Å². The van der Waals surface area contributed by atoms with Crippen LogP contribution in [-0.2, 0) is 14.6 Å². The fourth-order valence-corrected chi connectivity index (χ4v) is 4.93. The quantitative estimate of drug-likeness (QED) is 0.421. The minimum absolute atomic E-state index is 0.0411. The summed E-state index contributed by atoms with van der Waals surface area (Å²) in [6.45, 7) is 6.82. The van der Waals surface area contributed by atoms with E-state index in [9.17, 15) is 8.42 Å². The summed E-state index contributed by atoms with van der Waals surface area (Å²) in [5.41, 5.74) is 2.26. The molecule has 1 N–H and O–H groups in total. The molecule has 10 heteroatoms. The molecule has 4 rings (SSSR count). The maximum atomic E-state index is 12.4. The number of fused-ring (bicyclic) bond motifs is 1. The predicted octanol–water partition coefficient (Wildman–Crippen LogP) is 3.33. The third-order valence-corrected chi connectivity index (χ3v) is 7.77. The first-order chi connectivity index (χ1) is 16.9. The first-order valence-corrected chi connectivity index (χ1v) is 13.5. The molecule has 0 spiro atoms. The number of nitrogens with zero attached hydrogens (tertiary/aromatic N) is 4. The molecule has 3 aromatic rings. The standard InChI is InChI=1S/C25H33N5O4S/c1-4-35(31,32)20-7-9-24(29(2)3)23(17-20)28-25-21-8-6-19(16-22(21)26-18-27-25)34-13-5-10-30-11-14-33-15-12-30/h6-9,16-18H,4-5,10-15H2,1-3H3,(H,26,27,28). The Hall–Kier alpha value is -2.95. The molecule has 2 aromatic carbocycles. The lowest BCUT2D eigenvalue weighted by molar-refractivity contribution is 0.0358. The molecule has 2 heterocycles. The van der Waals surface area contributed by atoms with Crippen molar-refractivity contribution in [1.29, 1.82) is 0 Å². The number of rotatable bonds is 10. The van der Waals surface area contributed by atoms with Crippen molar-refractivity contribution >= 4 is 37.9 Å². The highest BCUT2D eigenvalue weighted by molar-refractivity contribution is 7.91. The summed E-state index contributed by atoms with van der Waals surface area (Å²) in [5.74, 6) is 1.40. The molecule has 35 heavy (non-hydrogen) atoms. The lowest BCUT2D eigenvalue weighted by atomic mass is 10.2. The van der Waals surface area contributed by atoms with Crippen LogP contribution in [0.1, 0.15) is 13.3 Å². The molecule has 0 aliphatic carbocycles. The Labute approximate surface area is 207 Å². The van der Waals surface area contributed by atoms with Gasteiger partial charge in [-0.25, -0.2) is 18.4 Å². The van der Waals surface area contributed by atoms with Crippen molar-refractivity contribution in [3.63, 3.8) is 0 Å². The van der Waals surface area contributed by atoms with Gasteiger partial charge < -0.3 is 19.7 Å². The second-order valence-corrected chi connectivity index (χ2v) is 10.9. The minimum Gasteiger partial charge on any atom is -0.493 e. The Morgan fingerprint density at radius 1 is 1.11 bits per heavy atom. The zero-order valence-corrected chi connectivity index (χ0v) is 21.3. The molecule has 1 saturated heterocycles. The molecule has 1 aromatic heterocycles. The monoisotopic (exact) mass is 499 g/mol. The van der Waals surface area contributed by atoms with E-state index in [1.54, 1.807) is 25.1 Å². The zero-order chi connectivity index (χ0) is 24.8. The predicted molar refractivity (Wildman–Crippen MR) is 139 cm³/mol. The number of sulfone groups is 1. The van der Waals surface area contributed by atoms with Gasteiger partial charge in [-0.15, -0.1) is 0 Å². The summed E-state index contributed by atoms with van der Waals surface area (Å²) in [7, 11) is 0.485. The summed E-state index contributed by atoms with van der Waals surface area (Å²) in [4.78, 5) is 13.4. The average Bonchev–Trinajstić information content (AvgIpc) is 2.87. The van der Waals surface area contributed by atoms with Crippen molar-refractivity contribution in [2.24, 2.45) is 0 Å². The molecule has 0 atom stereocenters. The number of ether oxygens (including phenoxy) is 2. The normalized spacial score (nSPS) is 14.7. The molecule has 0 unspecified atom stereocenters. The lowest BCUT2D eigenvalue weighted by Gasteiger charge is -2.26. The Bertz CT molecular complexity index is 1260. The van der Waals surface area contributed by atoms with E-state index in [-0.39, 0.29) is 10.6 Å². The third-order valence-electron chi connectivity index (χ3n) is 6.04. The van der Waals surface area contributed by atoms with Gasteiger partial charge in [0, 0.05) is 45.2 Å². The maximum absolute atomic E-state index is 12.4. The van der Waals surface area contributed by atoms with Gasteiger partial charge in [0.05, 0.1) is 47.4 Å². The fourth-order valence-electron chi connectivity index (χ4n) is 4.02. The van der Waals surface area contributed by atoms with Crippen LogP contribution >= 0.6 is 0 Å². The van der Waals surface area contributed by atoms with Crippen LogP contribution in [0, 0.1) is 0 Å². The van der Waals surface area contributed by atoms with Crippen molar-refractivity contribution < 1.29 is 17.9 Å². The number of morpholine rings is 1. The summed E-state index contributed by atoms with van der Waals surface area (Å²) < 4.78 is 36.2. The molecule has 0 saturated carbocycles.